The van der Waals surface area contributed by atoms with E-state index < -0.39 is 5.82 Å². The Morgan fingerprint density at radius 2 is 2.10 bits per heavy atom. The highest BCUT2D eigenvalue weighted by atomic mass is 35.5. The molecule has 1 unspecified atom stereocenters. The summed E-state index contributed by atoms with van der Waals surface area (Å²) in [5, 5.41) is 2.62. The second kappa shape index (κ2) is 7.02. The van der Waals surface area contributed by atoms with Gasteiger partial charge in [0.05, 0.1) is 21.9 Å². The van der Waals surface area contributed by atoms with E-state index in [0.29, 0.717) is 6.54 Å². The van der Waals surface area contributed by atoms with Gasteiger partial charge in [-0.25, -0.2) is 4.39 Å². The van der Waals surface area contributed by atoms with Gasteiger partial charge in [-0.3, -0.25) is 4.79 Å². The fourth-order valence-electron chi connectivity index (χ4n) is 1.90. The maximum Gasteiger partial charge on any atom is 0.282 e. The van der Waals surface area contributed by atoms with Gasteiger partial charge in [-0.05, 0) is 31.2 Å². The number of carbonyl (C=O) groups is 1. The molecule has 0 aliphatic carbocycles. The van der Waals surface area contributed by atoms with Gasteiger partial charge in [-0.15, -0.1) is 11.3 Å². The predicted octanol–water partition coefficient (Wildman–Crippen LogP) is 2.58. The first kappa shape index (κ1) is 15.9. The Morgan fingerprint density at radius 3 is 2.71 bits per heavy atom. The smallest absolute Gasteiger partial charge is 0.282 e. The van der Waals surface area contributed by atoms with Crippen molar-refractivity contribution < 1.29 is 14.1 Å². The standard InChI is InChI=1S/C15H16ClFN2OS/c1-10(19(2)9-11-7-8-14(16)21-11)15(20)18-13-6-4-3-5-12(13)17/h3-8,10H,9H2,1-2H3,(H,18,20)/p+1/t10-/m1/s1. The number of halogens is 2. The van der Waals surface area contributed by atoms with Crippen molar-refractivity contribution in [3.63, 3.8) is 0 Å². The number of carbonyl (C=O) groups excluding carboxylic acids is 1. The van der Waals surface area contributed by atoms with E-state index in [2.05, 4.69) is 5.32 Å². The monoisotopic (exact) mass is 327 g/mol. The number of thiophene rings is 1. The molecular weight excluding hydrogens is 311 g/mol. The van der Waals surface area contributed by atoms with Crippen LogP contribution in [0, 0.1) is 5.82 Å². The van der Waals surface area contributed by atoms with Gasteiger partial charge in [0.2, 0.25) is 0 Å². The van der Waals surface area contributed by atoms with Crippen LogP contribution in [-0.4, -0.2) is 19.0 Å². The zero-order valence-electron chi connectivity index (χ0n) is 11.8. The third-order valence-corrected chi connectivity index (χ3v) is 4.58. The third-order valence-electron chi connectivity index (χ3n) is 3.35. The number of anilines is 1. The fraction of sp³-hybridized carbons (Fsp3) is 0.267. The highest BCUT2D eigenvalue weighted by Gasteiger charge is 2.23. The summed E-state index contributed by atoms with van der Waals surface area (Å²) < 4.78 is 14.3. The van der Waals surface area contributed by atoms with E-state index in [0.717, 1.165) is 14.1 Å². The molecule has 0 saturated carbocycles. The van der Waals surface area contributed by atoms with Crippen LogP contribution < -0.4 is 10.2 Å². The number of hydrogen-bond acceptors (Lipinski definition) is 2. The molecular formula is C15H17ClFN2OS+. The molecule has 2 atom stereocenters. The van der Waals surface area contributed by atoms with Crippen molar-refractivity contribution >= 4 is 34.5 Å². The van der Waals surface area contributed by atoms with E-state index in [1.165, 1.54) is 17.4 Å². The maximum absolute atomic E-state index is 13.5. The van der Waals surface area contributed by atoms with Crippen molar-refractivity contribution in [2.24, 2.45) is 0 Å². The third kappa shape index (κ3) is 4.27. The SMILES string of the molecule is C[C@H](C(=O)Nc1ccccc1F)[NH+](C)Cc1ccc(Cl)s1. The average molecular weight is 328 g/mol. The van der Waals surface area contributed by atoms with E-state index in [1.807, 2.05) is 26.1 Å². The second-order valence-corrected chi connectivity index (χ2v) is 6.72. The number of benzene rings is 1. The fourth-order valence-corrected chi connectivity index (χ4v) is 3.08. The van der Waals surface area contributed by atoms with Gasteiger partial charge in [0.25, 0.3) is 5.91 Å². The second-order valence-electron chi connectivity index (χ2n) is 4.92. The van der Waals surface area contributed by atoms with Gasteiger partial charge < -0.3 is 10.2 Å². The highest BCUT2D eigenvalue weighted by Crippen LogP contribution is 2.20. The maximum atomic E-state index is 13.5. The van der Waals surface area contributed by atoms with Crippen molar-refractivity contribution in [2.45, 2.75) is 19.5 Å². The van der Waals surface area contributed by atoms with Crippen LogP contribution in [0.3, 0.4) is 0 Å². The number of para-hydroxylation sites is 1. The summed E-state index contributed by atoms with van der Waals surface area (Å²) >= 11 is 7.40. The van der Waals surface area contributed by atoms with Crippen molar-refractivity contribution in [1.82, 2.24) is 0 Å². The number of quaternary nitrogens is 1. The van der Waals surface area contributed by atoms with E-state index >= 15 is 0 Å². The number of amides is 1. The van der Waals surface area contributed by atoms with Crippen molar-refractivity contribution in [1.29, 1.82) is 0 Å². The molecule has 21 heavy (non-hydrogen) atoms. The van der Waals surface area contributed by atoms with Crippen molar-refractivity contribution in [3.05, 3.63) is 51.4 Å². The molecule has 0 saturated heterocycles. The van der Waals surface area contributed by atoms with Crippen LogP contribution in [0.15, 0.2) is 36.4 Å². The molecule has 0 aliphatic heterocycles. The molecule has 0 fully saturated rings. The first-order valence-corrected chi connectivity index (χ1v) is 7.78. The zero-order chi connectivity index (χ0) is 15.4. The molecule has 2 aromatic rings. The van der Waals surface area contributed by atoms with Gasteiger partial charge >= 0.3 is 0 Å². The quantitative estimate of drug-likeness (QED) is 0.869. The highest BCUT2D eigenvalue weighted by molar-refractivity contribution is 7.16. The van der Waals surface area contributed by atoms with E-state index in [4.69, 9.17) is 11.6 Å². The van der Waals surface area contributed by atoms with Crippen LogP contribution in [0.1, 0.15) is 11.8 Å². The molecule has 1 aromatic carbocycles. The van der Waals surface area contributed by atoms with Gasteiger partial charge in [0.1, 0.15) is 12.4 Å². The van der Waals surface area contributed by atoms with Crippen molar-refractivity contribution in [2.75, 3.05) is 12.4 Å². The normalized spacial score (nSPS) is 13.7. The number of likely N-dealkylation sites (N-methyl/N-ethyl adjacent to an activating group) is 1. The predicted molar refractivity (Wildman–Crippen MR) is 84.4 cm³/mol. The Balaban J connectivity index is 1.97. The molecule has 6 heteroatoms. The molecule has 0 bridgehead atoms. The zero-order valence-corrected chi connectivity index (χ0v) is 13.4. The lowest BCUT2D eigenvalue weighted by molar-refractivity contribution is -0.907. The molecule has 3 nitrogen and oxygen atoms in total. The summed E-state index contributed by atoms with van der Waals surface area (Å²) in [4.78, 5) is 14.3. The topological polar surface area (TPSA) is 33.5 Å². The largest absolute Gasteiger partial charge is 0.323 e. The van der Waals surface area contributed by atoms with E-state index in [-0.39, 0.29) is 17.6 Å². The lowest BCUT2D eigenvalue weighted by atomic mass is 10.2. The summed E-state index contributed by atoms with van der Waals surface area (Å²) in [6, 6.07) is 9.65. The summed E-state index contributed by atoms with van der Waals surface area (Å²) in [5.41, 5.74) is 0.210. The van der Waals surface area contributed by atoms with Gasteiger partial charge in [0, 0.05) is 0 Å². The van der Waals surface area contributed by atoms with Crippen LogP contribution >= 0.6 is 22.9 Å². The molecule has 2 N–H and O–H groups in total. The van der Waals surface area contributed by atoms with Crippen LogP contribution in [0.5, 0.6) is 0 Å². The lowest BCUT2D eigenvalue weighted by Gasteiger charge is -2.20. The van der Waals surface area contributed by atoms with E-state index in [9.17, 15) is 9.18 Å². The van der Waals surface area contributed by atoms with Gasteiger partial charge in [-0.1, -0.05) is 23.7 Å². The van der Waals surface area contributed by atoms with Gasteiger partial charge in [-0.2, -0.15) is 0 Å². The van der Waals surface area contributed by atoms with Crippen LogP contribution in [0.25, 0.3) is 0 Å². The minimum Gasteiger partial charge on any atom is -0.323 e. The molecule has 0 spiro atoms. The molecule has 1 heterocycles. The Kier molecular flexibility index (Phi) is 5.33. The first-order chi connectivity index (χ1) is 9.97. The number of hydrogen-bond donors (Lipinski definition) is 2. The molecule has 1 amide bonds. The molecule has 112 valence electrons. The number of rotatable bonds is 5. The van der Waals surface area contributed by atoms with Crippen LogP contribution in [0.4, 0.5) is 10.1 Å². The van der Waals surface area contributed by atoms with Crippen LogP contribution in [-0.2, 0) is 11.3 Å². The molecule has 0 aliphatic rings. The average Bonchev–Trinajstić information content (AvgIpc) is 2.85. The minimum atomic E-state index is -0.430. The van der Waals surface area contributed by atoms with Gasteiger partial charge in [0.15, 0.2) is 6.04 Å². The minimum absolute atomic E-state index is 0.208. The first-order valence-electron chi connectivity index (χ1n) is 6.59. The Morgan fingerprint density at radius 1 is 1.38 bits per heavy atom. The summed E-state index contributed by atoms with van der Waals surface area (Å²) in [5.74, 6) is -0.638. The number of nitrogens with one attached hydrogen (secondary N) is 2. The summed E-state index contributed by atoms with van der Waals surface area (Å²) in [6.45, 7) is 2.52. The Hall–Kier alpha value is -1.43. The van der Waals surface area contributed by atoms with E-state index in [1.54, 1.807) is 18.2 Å². The summed E-state index contributed by atoms with van der Waals surface area (Å²) in [6.07, 6.45) is 0. The lowest BCUT2D eigenvalue weighted by Crippen LogP contribution is -3.12. The Labute approximate surface area is 132 Å². The van der Waals surface area contributed by atoms with Crippen molar-refractivity contribution in [3.8, 4) is 0 Å². The van der Waals surface area contributed by atoms with Crippen LogP contribution in [0.2, 0.25) is 4.34 Å². The molecule has 2 rings (SSSR count). The molecule has 0 radical (unpaired) electrons. The molecule has 1 aromatic heterocycles. The summed E-state index contributed by atoms with van der Waals surface area (Å²) in [7, 11) is 1.93. The Bertz CT molecular complexity index is 632.